The van der Waals surface area contributed by atoms with Gasteiger partial charge in [-0.15, -0.1) is 0 Å². The molecule has 8 aromatic rings. The zero-order valence-electron chi connectivity index (χ0n) is 47.8. The molecule has 0 saturated carbocycles. The molecule has 444 valence electrons. The normalized spacial score (nSPS) is 17.0. The van der Waals surface area contributed by atoms with E-state index in [1.165, 1.54) is 19.1 Å². The molecule has 3 aliphatic rings. The zero-order chi connectivity index (χ0) is 59.7. The third kappa shape index (κ3) is 12.1. The molecule has 85 heavy (non-hydrogen) atoms. The Kier molecular flexibility index (Phi) is 16.8. The van der Waals surface area contributed by atoms with Crippen molar-refractivity contribution in [3.8, 4) is 46.0 Å². The molecule has 1 unspecified atom stereocenters. The Morgan fingerprint density at radius 1 is 0.741 bits per heavy atom. The first-order chi connectivity index (χ1) is 41.0. The Morgan fingerprint density at radius 2 is 1.28 bits per heavy atom. The molecular formula is C64H63ClF6N8O6. The SMILES string of the molecule is COc1ccc(CN(Cc2ccc(OC)cc2)c2cc(C)c(C(F)(F)F)c(-c3c(Cl)c4c5c(nc(OC[C@@]67CCCN6C[C@H](F)C7)nc5c3F)N(C(C)c3cc(F)cnc3N(Cc3ccc(OC)cc3)Cc3ccc(OC)cc3)CCO4)n2)cc1. The number of hydrogen-bond acceptors (Lipinski definition) is 14. The van der Waals surface area contributed by atoms with Crippen molar-refractivity contribution in [2.45, 2.75) is 83.2 Å². The molecule has 0 N–H and O–H groups in total. The summed E-state index contributed by atoms with van der Waals surface area (Å²) in [6.07, 6.45) is -3.43. The number of alkyl halides is 4. The van der Waals surface area contributed by atoms with Gasteiger partial charge in [0, 0.05) is 44.7 Å². The second kappa shape index (κ2) is 24.4. The number of methoxy groups -OCH3 is 4. The molecule has 0 aliphatic carbocycles. The predicted molar refractivity (Wildman–Crippen MR) is 313 cm³/mol. The van der Waals surface area contributed by atoms with Crippen LogP contribution in [0.5, 0.6) is 34.8 Å². The van der Waals surface area contributed by atoms with Crippen molar-refractivity contribution in [2.75, 3.05) is 76.0 Å². The van der Waals surface area contributed by atoms with Crippen molar-refractivity contribution in [1.82, 2.24) is 24.8 Å². The maximum atomic E-state index is 18.6. The molecule has 3 aromatic heterocycles. The Labute approximate surface area is 493 Å². The summed E-state index contributed by atoms with van der Waals surface area (Å²) in [5.41, 5.74) is -0.442. The van der Waals surface area contributed by atoms with Crippen LogP contribution in [0.2, 0.25) is 5.02 Å². The molecule has 0 bridgehead atoms. The van der Waals surface area contributed by atoms with Crippen molar-refractivity contribution >= 4 is 40.0 Å². The van der Waals surface area contributed by atoms with Gasteiger partial charge in [-0.05, 0) is 122 Å². The number of halogens is 7. The van der Waals surface area contributed by atoms with Crippen LogP contribution in [0.25, 0.3) is 22.2 Å². The first kappa shape index (κ1) is 58.5. The second-order valence-electron chi connectivity index (χ2n) is 21.7. The Balaban J connectivity index is 1.08. The summed E-state index contributed by atoms with van der Waals surface area (Å²) < 4.78 is 132. The molecule has 11 rings (SSSR count). The lowest BCUT2D eigenvalue weighted by molar-refractivity contribution is -0.137. The summed E-state index contributed by atoms with van der Waals surface area (Å²) in [6.45, 7) is 4.70. The van der Waals surface area contributed by atoms with E-state index in [2.05, 4.69) is 4.98 Å². The van der Waals surface area contributed by atoms with Crippen LogP contribution in [0.15, 0.2) is 115 Å². The van der Waals surface area contributed by atoms with Crippen LogP contribution >= 0.6 is 11.6 Å². The fraction of sp³-hybridized carbons (Fsp3) is 0.344. The lowest BCUT2D eigenvalue weighted by Gasteiger charge is -2.34. The van der Waals surface area contributed by atoms with E-state index >= 15 is 26.3 Å². The summed E-state index contributed by atoms with van der Waals surface area (Å²) in [5, 5.41) is -0.585. The lowest BCUT2D eigenvalue weighted by atomic mass is 9.95. The van der Waals surface area contributed by atoms with Gasteiger partial charge < -0.3 is 43.1 Å². The number of aryl methyl sites for hydroxylation is 1. The highest BCUT2D eigenvalue weighted by molar-refractivity contribution is 6.36. The van der Waals surface area contributed by atoms with Crippen molar-refractivity contribution in [3.63, 3.8) is 0 Å². The van der Waals surface area contributed by atoms with Crippen molar-refractivity contribution in [2.24, 2.45) is 0 Å². The average Bonchev–Trinajstić information content (AvgIpc) is 2.79. The number of rotatable bonds is 20. The van der Waals surface area contributed by atoms with E-state index in [9.17, 15) is 0 Å². The number of fused-ring (bicyclic) bond motifs is 1. The number of aromatic nitrogens is 4. The van der Waals surface area contributed by atoms with E-state index in [4.69, 9.17) is 55.0 Å². The molecule has 5 aromatic carbocycles. The van der Waals surface area contributed by atoms with Crippen LogP contribution in [0, 0.1) is 18.6 Å². The standard InChI is InChI=1S/C64H63ClF6N8O6/c1-38-28-51(76(32-40-8-16-46(80-3)17-9-40)33-41-10-18-47(81-4)19-11-41)73-57(54(38)64(69,70)71)52-55(65)59-53-58(56(52)68)74-62(85-37-63-24-7-25-78(63)36-45(67)30-63)75-61(53)79(26-27-84-59)39(2)50-29-44(66)31-72-60(50)77(34-42-12-20-48(82-5)21-13-42)35-43-14-22-49(83-6)23-15-43/h8-23,28-29,31,39,45H,7,24-27,30,32-37H2,1-6H3/t39?,45-,63+/m1/s1. The molecule has 3 atom stereocenters. The van der Waals surface area contributed by atoms with E-state index in [0.717, 1.165) is 34.9 Å². The van der Waals surface area contributed by atoms with Gasteiger partial charge in [-0.2, -0.15) is 23.1 Å². The minimum Gasteiger partial charge on any atom is -0.497 e. The molecule has 0 amide bonds. The van der Waals surface area contributed by atoms with E-state index in [-0.39, 0.29) is 80.2 Å². The predicted octanol–water partition coefficient (Wildman–Crippen LogP) is 13.7. The maximum absolute atomic E-state index is 18.6. The minimum absolute atomic E-state index is 0.00909. The van der Waals surface area contributed by atoms with Gasteiger partial charge in [0.25, 0.3) is 0 Å². The summed E-state index contributed by atoms with van der Waals surface area (Å²) in [7, 11) is 6.26. The summed E-state index contributed by atoms with van der Waals surface area (Å²) in [6, 6.07) is 31.1. The van der Waals surface area contributed by atoms with Gasteiger partial charge in [-0.1, -0.05) is 60.1 Å². The van der Waals surface area contributed by atoms with Gasteiger partial charge >= 0.3 is 12.2 Å². The third-order valence-electron chi connectivity index (χ3n) is 16.3. The van der Waals surface area contributed by atoms with Crippen LogP contribution in [-0.4, -0.2) is 97.8 Å². The fourth-order valence-electron chi connectivity index (χ4n) is 12.0. The summed E-state index contributed by atoms with van der Waals surface area (Å²) in [5.74, 6) is 0.959. The molecule has 0 spiro atoms. The molecule has 6 heterocycles. The minimum atomic E-state index is -5.08. The van der Waals surface area contributed by atoms with Gasteiger partial charge in [0.05, 0.1) is 80.0 Å². The number of benzene rings is 5. The topological polar surface area (TPSA) is 120 Å². The molecular weight excluding hydrogens is 1130 g/mol. The molecule has 2 saturated heterocycles. The lowest BCUT2D eigenvalue weighted by Crippen LogP contribution is -2.43. The molecule has 14 nitrogen and oxygen atoms in total. The second-order valence-corrected chi connectivity index (χ2v) is 22.0. The highest BCUT2D eigenvalue weighted by Crippen LogP contribution is 2.52. The Morgan fingerprint density at radius 3 is 1.81 bits per heavy atom. The number of hydrogen-bond donors (Lipinski definition) is 0. The smallest absolute Gasteiger partial charge is 0.418 e. The molecule has 0 radical (unpaired) electrons. The average molecular weight is 1190 g/mol. The van der Waals surface area contributed by atoms with E-state index in [0.29, 0.717) is 60.4 Å². The first-order valence-corrected chi connectivity index (χ1v) is 28.2. The Bertz CT molecular complexity index is 3600. The van der Waals surface area contributed by atoms with Gasteiger partial charge in [-0.25, -0.2) is 23.1 Å². The third-order valence-corrected chi connectivity index (χ3v) is 16.6. The van der Waals surface area contributed by atoms with Crippen molar-refractivity contribution < 1.29 is 54.8 Å². The maximum Gasteiger partial charge on any atom is 0.418 e. The number of ether oxygens (including phenoxy) is 6. The van der Waals surface area contributed by atoms with Crippen molar-refractivity contribution in [1.29, 1.82) is 0 Å². The highest BCUT2D eigenvalue weighted by Gasteiger charge is 2.50. The van der Waals surface area contributed by atoms with Crippen LogP contribution in [0.1, 0.15) is 71.2 Å². The van der Waals surface area contributed by atoms with Gasteiger partial charge in [0.1, 0.15) is 71.2 Å². The van der Waals surface area contributed by atoms with E-state index < -0.39 is 62.9 Å². The largest absolute Gasteiger partial charge is 0.497 e. The van der Waals surface area contributed by atoms with Crippen molar-refractivity contribution in [3.05, 3.63) is 171 Å². The van der Waals surface area contributed by atoms with Crippen LogP contribution in [0.3, 0.4) is 0 Å². The zero-order valence-corrected chi connectivity index (χ0v) is 48.5. The molecule has 2 fully saturated rings. The van der Waals surface area contributed by atoms with E-state index in [1.54, 1.807) is 62.5 Å². The summed E-state index contributed by atoms with van der Waals surface area (Å²) >= 11 is 7.38. The van der Waals surface area contributed by atoms with Gasteiger partial charge in [0.2, 0.25) is 0 Å². The molecule has 21 heteroatoms. The fourth-order valence-corrected chi connectivity index (χ4v) is 12.3. The first-order valence-electron chi connectivity index (χ1n) is 27.9. The highest BCUT2D eigenvalue weighted by atomic mass is 35.5. The molecule has 3 aliphatic heterocycles. The quantitative estimate of drug-likeness (QED) is 0.0673. The van der Waals surface area contributed by atoms with E-state index in [1.807, 2.05) is 89.5 Å². The number of pyridine rings is 2. The van der Waals surface area contributed by atoms with Gasteiger partial charge in [-0.3, -0.25) is 4.90 Å². The van der Waals surface area contributed by atoms with Crippen LogP contribution in [0.4, 0.5) is 43.8 Å². The summed E-state index contributed by atoms with van der Waals surface area (Å²) in [4.78, 5) is 26.7. The monoisotopic (exact) mass is 1190 g/mol. The van der Waals surface area contributed by atoms with Crippen LogP contribution < -0.4 is 43.1 Å². The van der Waals surface area contributed by atoms with Crippen LogP contribution in [-0.2, 0) is 32.4 Å². The Hall–Kier alpha value is -8.23. The number of nitrogens with zero attached hydrogens (tertiary/aromatic N) is 8. The number of anilines is 3. The van der Waals surface area contributed by atoms with Gasteiger partial charge in [0.15, 0.2) is 11.6 Å².